The summed E-state index contributed by atoms with van der Waals surface area (Å²) in [5.41, 5.74) is 1.04. The molecule has 8 heteroatoms. The summed E-state index contributed by atoms with van der Waals surface area (Å²) in [7, 11) is 0. The number of nitrogens with zero attached hydrogens (tertiary/aromatic N) is 3. The summed E-state index contributed by atoms with van der Waals surface area (Å²) in [6.45, 7) is 0.567. The number of alkyl halides is 3. The van der Waals surface area contributed by atoms with Crippen molar-refractivity contribution in [3.8, 4) is 11.3 Å². The molecule has 1 aliphatic heterocycles. The van der Waals surface area contributed by atoms with E-state index >= 15 is 0 Å². The number of anilines is 1. The monoisotopic (exact) mass is 361 g/mol. The van der Waals surface area contributed by atoms with Gasteiger partial charge in [0, 0.05) is 18.3 Å². The maximum atomic E-state index is 12.8. The van der Waals surface area contributed by atoms with E-state index in [1.807, 2.05) is 0 Å². The fraction of sp³-hybridized carbons (Fsp3) is 0.222. The van der Waals surface area contributed by atoms with Gasteiger partial charge in [-0.1, -0.05) is 18.2 Å². The van der Waals surface area contributed by atoms with Crippen molar-refractivity contribution in [1.82, 2.24) is 9.38 Å². The first-order valence-electron chi connectivity index (χ1n) is 8.00. The van der Waals surface area contributed by atoms with Crippen LogP contribution in [0.25, 0.3) is 16.8 Å². The van der Waals surface area contributed by atoms with Crippen LogP contribution in [0.2, 0.25) is 0 Å². The first-order valence-corrected chi connectivity index (χ1v) is 8.00. The van der Waals surface area contributed by atoms with Gasteiger partial charge in [-0.15, -0.1) is 0 Å². The van der Waals surface area contributed by atoms with Crippen LogP contribution in [0.3, 0.4) is 0 Å². The summed E-state index contributed by atoms with van der Waals surface area (Å²) in [5, 5.41) is 9.28. The Labute approximate surface area is 146 Å². The van der Waals surface area contributed by atoms with E-state index in [2.05, 4.69) is 4.98 Å². The molecule has 0 bridgehead atoms. The Morgan fingerprint density at radius 3 is 2.46 bits per heavy atom. The van der Waals surface area contributed by atoms with Gasteiger partial charge < -0.3 is 10.0 Å². The second-order valence-electron chi connectivity index (χ2n) is 6.13. The van der Waals surface area contributed by atoms with E-state index in [1.54, 1.807) is 33.7 Å². The Morgan fingerprint density at radius 2 is 1.88 bits per heavy atom. The van der Waals surface area contributed by atoms with Gasteiger partial charge in [-0.05, 0) is 30.7 Å². The molecule has 3 heterocycles. The van der Waals surface area contributed by atoms with Crippen molar-refractivity contribution < 1.29 is 23.1 Å². The Hall–Kier alpha value is -3.03. The average molecular weight is 361 g/mol. The van der Waals surface area contributed by atoms with Crippen LogP contribution in [0.4, 0.5) is 19.1 Å². The smallest absolute Gasteiger partial charge is 0.416 e. The lowest BCUT2D eigenvalue weighted by atomic mass is 10.0. The number of rotatable bonds is 3. The number of hydrogen-bond donors (Lipinski definition) is 1. The van der Waals surface area contributed by atoms with Gasteiger partial charge in [0.2, 0.25) is 5.95 Å². The Balaban J connectivity index is 1.80. The molecule has 1 saturated heterocycles. The molecule has 134 valence electrons. The first kappa shape index (κ1) is 16.4. The molecular weight excluding hydrogens is 347 g/mol. The molecule has 2 aromatic heterocycles. The molecular formula is C18H14F3N3O2. The van der Waals surface area contributed by atoms with Crippen molar-refractivity contribution >= 4 is 17.4 Å². The van der Waals surface area contributed by atoms with Gasteiger partial charge in [0.25, 0.3) is 0 Å². The normalized spacial score (nSPS) is 17.3. The van der Waals surface area contributed by atoms with E-state index in [0.29, 0.717) is 35.7 Å². The minimum absolute atomic E-state index is 0.481. The van der Waals surface area contributed by atoms with E-state index in [0.717, 1.165) is 12.1 Å². The molecule has 1 fully saturated rings. The van der Waals surface area contributed by atoms with E-state index in [9.17, 15) is 23.1 Å². The third-order valence-electron chi connectivity index (χ3n) is 4.58. The predicted molar refractivity (Wildman–Crippen MR) is 89.0 cm³/mol. The highest BCUT2D eigenvalue weighted by Gasteiger charge is 2.37. The summed E-state index contributed by atoms with van der Waals surface area (Å²) in [4.78, 5) is 17.6. The number of fused-ring (bicyclic) bond motifs is 1. The van der Waals surface area contributed by atoms with E-state index in [-0.39, 0.29) is 0 Å². The molecule has 0 saturated carbocycles. The number of aliphatic carboxylic acids is 1. The standard InChI is InChI=1S/C18H14F3N3O2/c19-18(20,21)12-6-4-11(5-7-12)15-13-3-1-2-9-23(13)17(22-15)24-10-8-14(24)16(25)26/h1-7,9,14H,8,10H2,(H,25,26). The van der Waals surface area contributed by atoms with E-state index in [1.165, 1.54) is 12.1 Å². The number of hydrogen-bond acceptors (Lipinski definition) is 3. The van der Waals surface area contributed by atoms with Crippen LogP contribution in [0.15, 0.2) is 48.7 Å². The lowest BCUT2D eigenvalue weighted by Crippen LogP contribution is -2.53. The fourth-order valence-corrected chi connectivity index (χ4v) is 3.14. The minimum atomic E-state index is -4.40. The van der Waals surface area contributed by atoms with E-state index in [4.69, 9.17) is 0 Å². The molecule has 1 aromatic carbocycles. The largest absolute Gasteiger partial charge is 0.480 e. The average Bonchev–Trinajstić information content (AvgIpc) is 2.92. The molecule has 5 nitrogen and oxygen atoms in total. The molecule has 26 heavy (non-hydrogen) atoms. The molecule has 0 spiro atoms. The van der Waals surface area contributed by atoms with Gasteiger partial charge in [-0.3, -0.25) is 4.40 Å². The van der Waals surface area contributed by atoms with Crippen molar-refractivity contribution in [2.24, 2.45) is 0 Å². The van der Waals surface area contributed by atoms with Crippen LogP contribution in [-0.2, 0) is 11.0 Å². The topological polar surface area (TPSA) is 57.8 Å². The highest BCUT2D eigenvalue weighted by Crippen LogP contribution is 2.35. The molecule has 1 aliphatic rings. The number of pyridine rings is 1. The summed E-state index contributed by atoms with van der Waals surface area (Å²) in [6.07, 6.45) is -2.10. The molecule has 0 amide bonds. The summed E-state index contributed by atoms with van der Waals surface area (Å²) in [5.74, 6) is -0.436. The van der Waals surface area contributed by atoms with Crippen molar-refractivity contribution in [3.05, 3.63) is 54.2 Å². The van der Waals surface area contributed by atoms with Gasteiger partial charge in [-0.2, -0.15) is 13.2 Å². The predicted octanol–water partition coefficient (Wildman–Crippen LogP) is 3.68. The van der Waals surface area contributed by atoms with Gasteiger partial charge in [0.1, 0.15) is 6.04 Å². The second-order valence-corrected chi connectivity index (χ2v) is 6.13. The number of benzene rings is 1. The van der Waals surface area contributed by atoms with Crippen LogP contribution in [0.1, 0.15) is 12.0 Å². The maximum Gasteiger partial charge on any atom is 0.416 e. The maximum absolute atomic E-state index is 12.8. The van der Waals surface area contributed by atoms with Gasteiger partial charge >= 0.3 is 12.1 Å². The van der Waals surface area contributed by atoms with Crippen LogP contribution >= 0.6 is 0 Å². The zero-order chi connectivity index (χ0) is 18.5. The summed E-state index contributed by atoms with van der Waals surface area (Å²) < 4.78 is 40.1. The van der Waals surface area contributed by atoms with Crippen LogP contribution < -0.4 is 4.90 Å². The number of carbonyl (C=O) groups is 1. The number of carboxylic acids is 1. The van der Waals surface area contributed by atoms with Gasteiger partial charge in [0.05, 0.1) is 16.8 Å². The number of aromatic nitrogens is 2. The van der Waals surface area contributed by atoms with Crippen molar-refractivity contribution in [2.45, 2.75) is 18.6 Å². The zero-order valence-corrected chi connectivity index (χ0v) is 13.4. The number of halogens is 3. The van der Waals surface area contributed by atoms with Gasteiger partial charge in [-0.25, -0.2) is 9.78 Å². The zero-order valence-electron chi connectivity index (χ0n) is 13.4. The molecule has 0 aliphatic carbocycles. The highest BCUT2D eigenvalue weighted by atomic mass is 19.4. The number of imidazole rings is 1. The molecule has 4 rings (SSSR count). The van der Waals surface area contributed by atoms with Crippen molar-refractivity contribution in [2.75, 3.05) is 11.4 Å². The lowest BCUT2D eigenvalue weighted by Gasteiger charge is -2.38. The first-order chi connectivity index (χ1) is 12.4. The lowest BCUT2D eigenvalue weighted by molar-refractivity contribution is -0.140. The molecule has 1 N–H and O–H groups in total. The fourth-order valence-electron chi connectivity index (χ4n) is 3.14. The molecule has 1 atom stereocenters. The van der Waals surface area contributed by atoms with Crippen LogP contribution in [0.5, 0.6) is 0 Å². The molecule has 1 unspecified atom stereocenters. The molecule has 0 radical (unpaired) electrons. The Kier molecular flexibility index (Phi) is 3.64. The Morgan fingerprint density at radius 1 is 1.15 bits per heavy atom. The summed E-state index contributed by atoms with van der Waals surface area (Å²) in [6, 6.07) is 9.57. The summed E-state index contributed by atoms with van der Waals surface area (Å²) >= 11 is 0. The third kappa shape index (κ3) is 2.58. The SMILES string of the molecule is O=C(O)C1CCN1c1nc(-c2ccc(C(F)(F)F)cc2)c2ccccn12. The minimum Gasteiger partial charge on any atom is -0.480 e. The van der Waals surface area contributed by atoms with Crippen LogP contribution in [-0.4, -0.2) is 33.0 Å². The van der Waals surface area contributed by atoms with Crippen LogP contribution in [0, 0.1) is 0 Å². The molecule has 3 aromatic rings. The van der Waals surface area contributed by atoms with Crippen molar-refractivity contribution in [1.29, 1.82) is 0 Å². The highest BCUT2D eigenvalue weighted by molar-refractivity contribution is 5.83. The van der Waals surface area contributed by atoms with Gasteiger partial charge in [0.15, 0.2) is 0 Å². The van der Waals surface area contributed by atoms with E-state index < -0.39 is 23.8 Å². The third-order valence-corrected chi connectivity index (χ3v) is 4.58. The number of carboxylic acid groups (broad SMARTS) is 1. The second kappa shape index (κ2) is 5.76. The van der Waals surface area contributed by atoms with Crippen molar-refractivity contribution in [3.63, 3.8) is 0 Å². The Bertz CT molecular complexity index is 980. The quantitative estimate of drug-likeness (QED) is 0.773.